The van der Waals surface area contributed by atoms with Crippen LogP contribution >= 0.6 is 0 Å². The maximum absolute atomic E-state index is 13.0. The van der Waals surface area contributed by atoms with Gasteiger partial charge in [0, 0.05) is 19.2 Å². The Morgan fingerprint density at radius 1 is 1.37 bits per heavy atom. The highest BCUT2D eigenvalue weighted by Gasteiger charge is 2.37. The topological polar surface area (TPSA) is 75.4 Å². The van der Waals surface area contributed by atoms with Crippen molar-refractivity contribution in [2.45, 2.75) is 18.8 Å². The van der Waals surface area contributed by atoms with Crippen LogP contribution in [0.15, 0.2) is 18.2 Å². The van der Waals surface area contributed by atoms with Crippen LogP contribution < -0.4 is 5.32 Å². The van der Waals surface area contributed by atoms with Crippen LogP contribution in [0, 0.1) is 15.9 Å². The number of nitrogens with zero attached hydrogens (tertiary/aromatic N) is 1. The van der Waals surface area contributed by atoms with E-state index in [0.717, 1.165) is 12.1 Å². The predicted molar refractivity (Wildman–Crippen MR) is 56.8 cm³/mol. The van der Waals surface area contributed by atoms with E-state index in [9.17, 15) is 27.7 Å². The first-order valence-corrected chi connectivity index (χ1v) is 5.09. The van der Waals surface area contributed by atoms with Gasteiger partial charge in [0.1, 0.15) is 5.82 Å². The SMILES string of the molecule is O=[N+]([O-])c1cc(F)cc(CNCC(O)C(F)(F)F)c1. The predicted octanol–water partition coefficient (Wildman–Crippen LogP) is 1.75. The molecule has 0 aliphatic carbocycles. The van der Waals surface area contributed by atoms with E-state index in [4.69, 9.17) is 5.11 Å². The molecule has 1 rings (SSSR count). The number of nitro groups is 1. The van der Waals surface area contributed by atoms with E-state index in [-0.39, 0.29) is 12.1 Å². The Kier molecular flexibility index (Phi) is 4.78. The van der Waals surface area contributed by atoms with Crippen LogP contribution in [0.5, 0.6) is 0 Å². The molecule has 0 fully saturated rings. The minimum absolute atomic E-state index is 0.112. The Morgan fingerprint density at radius 3 is 2.53 bits per heavy atom. The van der Waals surface area contributed by atoms with Gasteiger partial charge in [0.2, 0.25) is 0 Å². The molecule has 0 saturated carbocycles. The van der Waals surface area contributed by atoms with Crippen LogP contribution in [-0.2, 0) is 6.54 Å². The van der Waals surface area contributed by atoms with Gasteiger partial charge in [-0.1, -0.05) is 0 Å². The number of nitrogens with one attached hydrogen (secondary N) is 1. The third-order valence-electron chi connectivity index (χ3n) is 2.20. The van der Waals surface area contributed by atoms with E-state index in [2.05, 4.69) is 5.32 Å². The summed E-state index contributed by atoms with van der Waals surface area (Å²) >= 11 is 0. The van der Waals surface area contributed by atoms with Gasteiger partial charge in [0.05, 0.1) is 11.0 Å². The molecular weight excluding hydrogens is 272 g/mol. The highest BCUT2D eigenvalue weighted by molar-refractivity contribution is 5.35. The van der Waals surface area contributed by atoms with E-state index in [1.165, 1.54) is 0 Å². The first-order chi connectivity index (χ1) is 8.70. The van der Waals surface area contributed by atoms with Crippen LogP contribution in [0.25, 0.3) is 0 Å². The van der Waals surface area contributed by atoms with Gasteiger partial charge in [-0.25, -0.2) is 4.39 Å². The molecule has 1 unspecified atom stereocenters. The van der Waals surface area contributed by atoms with Crippen molar-refractivity contribution in [3.05, 3.63) is 39.7 Å². The van der Waals surface area contributed by atoms with Crippen LogP contribution in [0.3, 0.4) is 0 Å². The van der Waals surface area contributed by atoms with Gasteiger partial charge in [-0.2, -0.15) is 13.2 Å². The molecule has 0 aliphatic rings. The lowest BCUT2D eigenvalue weighted by Crippen LogP contribution is -2.38. The maximum atomic E-state index is 13.0. The van der Waals surface area contributed by atoms with Crippen LogP contribution in [0.4, 0.5) is 23.2 Å². The van der Waals surface area contributed by atoms with Crippen molar-refractivity contribution in [1.29, 1.82) is 0 Å². The minimum atomic E-state index is -4.75. The van der Waals surface area contributed by atoms with Gasteiger partial charge in [-0.3, -0.25) is 10.1 Å². The summed E-state index contributed by atoms with van der Waals surface area (Å²) in [6, 6.07) is 2.70. The van der Waals surface area contributed by atoms with Crippen molar-refractivity contribution >= 4 is 5.69 Å². The van der Waals surface area contributed by atoms with E-state index in [1.807, 2.05) is 0 Å². The first-order valence-electron chi connectivity index (χ1n) is 5.09. The van der Waals surface area contributed by atoms with Gasteiger partial charge in [0.15, 0.2) is 6.10 Å². The quantitative estimate of drug-likeness (QED) is 0.490. The number of alkyl halides is 3. The zero-order valence-corrected chi connectivity index (χ0v) is 9.45. The molecule has 1 aromatic carbocycles. The molecule has 5 nitrogen and oxygen atoms in total. The van der Waals surface area contributed by atoms with Gasteiger partial charge in [-0.15, -0.1) is 0 Å². The fraction of sp³-hybridized carbons (Fsp3) is 0.400. The Labute approximate surface area is 105 Å². The molecule has 0 amide bonds. The smallest absolute Gasteiger partial charge is 0.382 e. The number of hydrogen-bond acceptors (Lipinski definition) is 4. The standard InChI is InChI=1S/C10H10F4N2O3/c11-7-1-6(2-8(3-7)16(18)19)4-15-5-9(17)10(12,13)14/h1-3,9,15,17H,4-5H2. The number of halogens is 4. The number of aliphatic hydroxyl groups excluding tert-OH is 1. The molecule has 0 saturated heterocycles. The minimum Gasteiger partial charge on any atom is -0.382 e. The van der Waals surface area contributed by atoms with Crippen LogP contribution in [-0.4, -0.2) is 28.9 Å². The third-order valence-corrected chi connectivity index (χ3v) is 2.20. The summed E-state index contributed by atoms with van der Waals surface area (Å²) in [6.45, 7) is -1.01. The average Bonchev–Trinajstić information content (AvgIpc) is 2.26. The second-order valence-corrected chi connectivity index (χ2v) is 3.76. The summed E-state index contributed by atoms with van der Waals surface area (Å²) in [6.07, 6.45) is -7.29. The second-order valence-electron chi connectivity index (χ2n) is 3.76. The van der Waals surface area contributed by atoms with Crippen molar-refractivity contribution in [3.8, 4) is 0 Å². The summed E-state index contributed by atoms with van der Waals surface area (Å²) < 4.78 is 48.9. The van der Waals surface area contributed by atoms with Gasteiger partial charge < -0.3 is 10.4 Å². The summed E-state index contributed by atoms with van der Waals surface area (Å²) in [7, 11) is 0. The molecule has 0 bridgehead atoms. The van der Waals surface area contributed by atoms with Crippen molar-refractivity contribution in [2.24, 2.45) is 0 Å². The fourth-order valence-electron chi connectivity index (χ4n) is 1.31. The summed E-state index contributed by atoms with van der Waals surface area (Å²) in [5, 5.41) is 21.4. The van der Waals surface area contributed by atoms with Gasteiger partial charge >= 0.3 is 6.18 Å². The van der Waals surface area contributed by atoms with Crippen molar-refractivity contribution in [3.63, 3.8) is 0 Å². The first kappa shape index (κ1) is 15.3. The number of benzene rings is 1. The van der Waals surface area contributed by atoms with Crippen molar-refractivity contribution in [1.82, 2.24) is 5.32 Å². The largest absolute Gasteiger partial charge is 0.415 e. The van der Waals surface area contributed by atoms with Crippen LogP contribution in [0.2, 0.25) is 0 Å². The fourth-order valence-corrected chi connectivity index (χ4v) is 1.31. The maximum Gasteiger partial charge on any atom is 0.415 e. The Balaban J connectivity index is 2.61. The average molecular weight is 282 g/mol. The van der Waals surface area contributed by atoms with Crippen molar-refractivity contribution < 1.29 is 27.6 Å². The third kappa shape index (κ3) is 4.79. The molecule has 2 N–H and O–H groups in total. The normalized spacial score (nSPS) is 13.3. The molecular formula is C10H10F4N2O3. The lowest BCUT2D eigenvalue weighted by atomic mass is 10.2. The molecule has 0 radical (unpaired) electrons. The molecule has 0 heterocycles. The summed E-state index contributed by atoms with van der Waals surface area (Å²) in [4.78, 5) is 9.64. The highest BCUT2D eigenvalue weighted by Crippen LogP contribution is 2.20. The lowest BCUT2D eigenvalue weighted by molar-refractivity contribution is -0.385. The van der Waals surface area contributed by atoms with E-state index >= 15 is 0 Å². The number of aliphatic hydroxyl groups is 1. The Morgan fingerprint density at radius 2 is 2.00 bits per heavy atom. The summed E-state index contributed by atoms with van der Waals surface area (Å²) in [5.41, 5.74) is -0.380. The molecule has 9 heteroatoms. The molecule has 19 heavy (non-hydrogen) atoms. The molecule has 0 aliphatic heterocycles. The Hall–Kier alpha value is -1.74. The Bertz CT molecular complexity index is 465. The van der Waals surface area contributed by atoms with Gasteiger partial charge in [0.25, 0.3) is 5.69 Å². The number of nitro benzene ring substituents is 1. The second kappa shape index (κ2) is 5.93. The lowest BCUT2D eigenvalue weighted by Gasteiger charge is -2.14. The number of rotatable bonds is 5. The zero-order chi connectivity index (χ0) is 14.6. The number of hydrogen-bond donors (Lipinski definition) is 2. The highest BCUT2D eigenvalue weighted by atomic mass is 19.4. The number of non-ortho nitro benzene ring substituents is 1. The summed E-state index contributed by atoms with van der Waals surface area (Å²) in [5.74, 6) is -0.859. The molecule has 0 spiro atoms. The molecule has 1 atom stereocenters. The van der Waals surface area contributed by atoms with E-state index < -0.39 is 35.3 Å². The molecule has 1 aromatic rings. The van der Waals surface area contributed by atoms with Gasteiger partial charge in [-0.05, 0) is 11.6 Å². The van der Waals surface area contributed by atoms with E-state index in [1.54, 1.807) is 0 Å². The zero-order valence-electron chi connectivity index (χ0n) is 9.45. The van der Waals surface area contributed by atoms with Crippen LogP contribution in [0.1, 0.15) is 5.56 Å². The molecule has 0 aromatic heterocycles. The molecule has 106 valence electrons. The monoisotopic (exact) mass is 282 g/mol. The van der Waals surface area contributed by atoms with E-state index in [0.29, 0.717) is 6.07 Å². The van der Waals surface area contributed by atoms with Crippen molar-refractivity contribution in [2.75, 3.05) is 6.54 Å².